The molecule has 0 aromatic heterocycles. The molecule has 0 spiro atoms. The summed E-state index contributed by atoms with van der Waals surface area (Å²) in [5.74, 6) is 0. The maximum atomic E-state index is 11.2. The topological polar surface area (TPSA) is 66.5 Å². The zero-order valence-corrected chi connectivity index (χ0v) is 7.51. The molecular weight excluding hydrogens is 180 g/mol. The van der Waals surface area contributed by atoms with Crippen LogP contribution in [0.2, 0.25) is 0 Å². The molecule has 0 atom stereocenters. The van der Waals surface area contributed by atoms with E-state index in [9.17, 15) is 13.2 Å². The lowest BCUT2D eigenvalue weighted by atomic mass is 10.4. The molecule has 0 unspecified atom stereocenters. The molecule has 0 amide bonds. The minimum Gasteiger partial charge on any atom is -0.303 e. The summed E-state index contributed by atoms with van der Waals surface area (Å²) < 4.78 is 26.1. The van der Waals surface area contributed by atoms with Gasteiger partial charge >= 0.3 is 0 Å². The Morgan fingerprint density at radius 2 is 2.25 bits per heavy atom. The summed E-state index contributed by atoms with van der Waals surface area (Å²) >= 11 is 0. The Morgan fingerprint density at radius 3 is 2.83 bits per heavy atom. The molecule has 1 fully saturated rings. The predicted octanol–water partition coefficient (Wildman–Crippen LogP) is -0.884. The second-order valence-corrected chi connectivity index (χ2v) is 4.36. The Kier molecular flexibility index (Phi) is 3.19. The molecule has 1 aliphatic heterocycles. The summed E-state index contributed by atoms with van der Waals surface area (Å²) in [7, 11) is -3.27. The number of hydrogen-bond donors (Lipinski definition) is 1. The van der Waals surface area contributed by atoms with Gasteiger partial charge < -0.3 is 4.79 Å². The Balaban J connectivity index is 2.54. The van der Waals surface area contributed by atoms with Gasteiger partial charge in [0.05, 0.1) is 0 Å². The van der Waals surface area contributed by atoms with Gasteiger partial charge in [-0.2, -0.15) is 12.7 Å². The van der Waals surface area contributed by atoms with Gasteiger partial charge in [0.15, 0.2) is 0 Å². The van der Waals surface area contributed by atoms with Crippen LogP contribution in [0.1, 0.15) is 12.8 Å². The minimum atomic E-state index is -3.27. The van der Waals surface area contributed by atoms with Crippen molar-refractivity contribution in [1.82, 2.24) is 9.03 Å². The molecule has 0 saturated carbocycles. The van der Waals surface area contributed by atoms with E-state index >= 15 is 0 Å². The number of nitrogens with zero attached hydrogens (tertiary/aromatic N) is 1. The van der Waals surface area contributed by atoms with E-state index in [4.69, 9.17) is 0 Å². The Bertz CT molecular complexity index is 250. The molecule has 1 N–H and O–H groups in total. The highest BCUT2D eigenvalue weighted by Crippen LogP contribution is 2.05. The fourth-order valence-corrected chi connectivity index (χ4v) is 2.40. The molecule has 0 aromatic carbocycles. The van der Waals surface area contributed by atoms with Crippen molar-refractivity contribution >= 4 is 16.5 Å². The highest BCUT2D eigenvalue weighted by molar-refractivity contribution is 7.87. The third-order valence-electron chi connectivity index (χ3n) is 1.71. The van der Waals surface area contributed by atoms with Crippen LogP contribution >= 0.6 is 0 Å². The molecule has 5 nitrogen and oxygen atoms in total. The molecule has 0 aromatic rings. The molecule has 6 heteroatoms. The number of carbonyl (C=O) groups excluding carboxylic acids is 1. The zero-order valence-electron chi connectivity index (χ0n) is 6.69. The van der Waals surface area contributed by atoms with E-state index in [0.29, 0.717) is 19.6 Å². The van der Waals surface area contributed by atoms with Gasteiger partial charge in [0, 0.05) is 26.1 Å². The lowest BCUT2D eigenvalue weighted by Gasteiger charge is -2.25. The molecule has 1 rings (SSSR count). The molecule has 70 valence electrons. The van der Waals surface area contributed by atoms with Crippen molar-refractivity contribution in [2.24, 2.45) is 0 Å². The maximum Gasteiger partial charge on any atom is 0.279 e. The number of aldehydes is 1. The summed E-state index contributed by atoms with van der Waals surface area (Å²) in [6.07, 6.45) is 1.79. The number of carbonyl (C=O) groups is 1. The number of rotatable bonds is 3. The first kappa shape index (κ1) is 9.63. The Hall–Kier alpha value is -0.460. The minimum absolute atomic E-state index is 0.265. The van der Waals surface area contributed by atoms with Gasteiger partial charge in [-0.3, -0.25) is 0 Å². The first-order chi connectivity index (χ1) is 5.67. The molecule has 1 aliphatic rings. The third kappa shape index (κ3) is 2.26. The highest BCUT2D eigenvalue weighted by Gasteiger charge is 2.23. The second kappa shape index (κ2) is 3.97. The van der Waals surface area contributed by atoms with E-state index in [1.165, 1.54) is 4.31 Å². The lowest BCUT2D eigenvalue weighted by Crippen LogP contribution is -2.47. The monoisotopic (exact) mass is 192 g/mol. The van der Waals surface area contributed by atoms with Crippen molar-refractivity contribution in [3.05, 3.63) is 0 Å². The molecule has 0 radical (unpaired) electrons. The van der Waals surface area contributed by atoms with Crippen molar-refractivity contribution in [3.63, 3.8) is 0 Å². The molecule has 1 saturated heterocycles. The van der Waals surface area contributed by atoms with Gasteiger partial charge in [-0.1, -0.05) is 0 Å². The lowest BCUT2D eigenvalue weighted by molar-refractivity contribution is -0.107. The normalized spacial score (nSPS) is 23.7. The van der Waals surface area contributed by atoms with Crippen molar-refractivity contribution < 1.29 is 13.2 Å². The van der Waals surface area contributed by atoms with Crippen molar-refractivity contribution in [2.45, 2.75) is 12.8 Å². The second-order valence-electron chi connectivity index (χ2n) is 2.61. The van der Waals surface area contributed by atoms with Crippen LogP contribution in [0.15, 0.2) is 0 Å². The van der Waals surface area contributed by atoms with Crippen molar-refractivity contribution in [3.8, 4) is 0 Å². The molecule has 0 bridgehead atoms. The summed E-state index contributed by atoms with van der Waals surface area (Å²) in [5, 5.41) is 0. The summed E-state index contributed by atoms with van der Waals surface area (Å²) in [6.45, 7) is 1.31. The summed E-state index contributed by atoms with van der Waals surface area (Å²) in [6, 6.07) is 0. The number of nitrogens with one attached hydrogen (secondary N) is 1. The first-order valence-electron chi connectivity index (χ1n) is 3.85. The van der Waals surface area contributed by atoms with Gasteiger partial charge in [-0.05, 0) is 6.42 Å². The zero-order chi connectivity index (χ0) is 9.03. The van der Waals surface area contributed by atoms with Crippen LogP contribution in [0.4, 0.5) is 0 Å². The van der Waals surface area contributed by atoms with E-state index in [0.717, 1.165) is 12.7 Å². The highest BCUT2D eigenvalue weighted by atomic mass is 32.2. The maximum absolute atomic E-state index is 11.2. The summed E-state index contributed by atoms with van der Waals surface area (Å²) in [4.78, 5) is 10.0. The molecule has 0 aliphatic carbocycles. The standard InChI is InChI=1S/C6H12N2O3S/c9-6-2-5-8-4-1-3-7-12(8,10)11/h6-7H,1-5H2. The summed E-state index contributed by atoms with van der Waals surface area (Å²) in [5.41, 5.74) is 0. The Labute approximate surface area is 71.9 Å². The molecule has 1 heterocycles. The fraction of sp³-hybridized carbons (Fsp3) is 0.833. The molecular formula is C6H12N2O3S. The van der Waals surface area contributed by atoms with E-state index in [2.05, 4.69) is 4.72 Å². The van der Waals surface area contributed by atoms with E-state index in [1.807, 2.05) is 0 Å². The third-order valence-corrected chi connectivity index (χ3v) is 3.32. The smallest absolute Gasteiger partial charge is 0.279 e. The van der Waals surface area contributed by atoms with Gasteiger partial charge in [0.1, 0.15) is 6.29 Å². The van der Waals surface area contributed by atoms with Gasteiger partial charge in [0.2, 0.25) is 0 Å². The van der Waals surface area contributed by atoms with E-state index in [1.54, 1.807) is 0 Å². The predicted molar refractivity (Wildman–Crippen MR) is 43.8 cm³/mol. The molecule has 12 heavy (non-hydrogen) atoms. The SMILES string of the molecule is O=CCCN1CCCNS1(=O)=O. The largest absolute Gasteiger partial charge is 0.303 e. The Morgan fingerprint density at radius 1 is 1.50 bits per heavy atom. The number of hydrogen-bond acceptors (Lipinski definition) is 3. The van der Waals surface area contributed by atoms with Gasteiger partial charge in [0.25, 0.3) is 10.2 Å². The quantitative estimate of drug-likeness (QED) is 0.590. The van der Waals surface area contributed by atoms with E-state index in [-0.39, 0.29) is 6.42 Å². The van der Waals surface area contributed by atoms with Crippen LogP contribution in [0.25, 0.3) is 0 Å². The van der Waals surface area contributed by atoms with Crippen LogP contribution < -0.4 is 4.72 Å². The van der Waals surface area contributed by atoms with Gasteiger partial charge in [-0.15, -0.1) is 0 Å². The van der Waals surface area contributed by atoms with E-state index < -0.39 is 10.2 Å². The first-order valence-corrected chi connectivity index (χ1v) is 5.29. The van der Waals surface area contributed by atoms with Crippen molar-refractivity contribution in [1.29, 1.82) is 0 Å². The van der Waals surface area contributed by atoms with Crippen LogP contribution in [-0.4, -0.2) is 38.6 Å². The van der Waals surface area contributed by atoms with Crippen LogP contribution in [0.5, 0.6) is 0 Å². The average Bonchev–Trinajstić information content (AvgIpc) is 2.02. The van der Waals surface area contributed by atoms with Crippen molar-refractivity contribution in [2.75, 3.05) is 19.6 Å². The fourth-order valence-electron chi connectivity index (χ4n) is 1.10. The van der Waals surface area contributed by atoms with Crippen LogP contribution in [0.3, 0.4) is 0 Å². The average molecular weight is 192 g/mol. The van der Waals surface area contributed by atoms with Crippen LogP contribution in [-0.2, 0) is 15.0 Å². The van der Waals surface area contributed by atoms with Gasteiger partial charge in [-0.25, -0.2) is 4.72 Å². The van der Waals surface area contributed by atoms with Crippen LogP contribution in [0, 0.1) is 0 Å².